The maximum atomic E-state index is 5.48. The first-order valence-corrected chi connectivity index (χ1v) is 7.23. The lowest BCUT2D eigenvalue weighted by molar-refractivity contribution is 0.192. The molecule has 1 atom stereocenters. The zero-order valence-corrected chi connectivity index (χ0v) is 12.1. The Hall–Kier alpha value is -2.14. The summed E-state index contributed by atoms with van der Waals surface area (Å²) in [7, 11) is 0. The lowest BCUT2D eigenvalue weighted by Gasteiger charge is -1.99. The summed E-state index contributed by atoms with van der Waals surface area (Å²) < 4.78 is 10.9. The van der Waals surface area contributed by atoms with Crippen LogP contribution in [-0.2, 0) is 4.74 Å². The minimum Gasteiger partial charge on any atom is -0.381 e. The van der Waals surface area contributed by atoms with Gasteiger partial charge in [0.1, 0.15) is 0 Å². The Morgan fingerprint density at radius 2 is 2.19 bits per heavy atom. The molecule has 0 unspecified atom stereocenters. The van der Waals surface area contributed by atoms with Gasteiger partial charge in [-0.3, -0.25) is 0 Å². The second-order valence-electron chi connectivity index (χ2n) is 5.62. The molecule has 5 heteroatoms. The van der Waals surface area contributed by atoms with E-state index in [4.69, 9.17) is 9.26 Å². The number of aryl methyl sites for hydroxylation is 2. The van der Waals surface area contributed by atoms with E-state index in [1.165, 1.54) is 16.6 Å². The highest BCUT2D eigenvalue weighted by molar-refractivity contribution is 5.94. The smallest absolute Gasteiger partial charge is 0.260 e. The van der Waals surface area contributed by atoms with Gasteiger partial charge in [-0.2, -0.15) is 4.98 Å². The van der Waals surface area contributed by atoms with Gasteiger partial charge in [-0.25, -0.2) is 0 Å². The standard InChI is InChI=1S/C16H17N3O2/c1-9-10(2)17-14-12(9)4-3-5-13(14)16-18-15(19-21-16)11-6-7-20-8-11/h3-5,11,17H,6-8H2,1-2H3/t11-/m0/s1. The molecule has 1 aromatic carbocycles. The van der Waals surface area contributed by atoms with Crippen molar-refractivity contribution in [2.45, 2.75) is 26.2 Å². The molecule has 21 heavy (non-hydrogen) atoms. The van der Waals surface area contributed by atoms with E-state index >= 15 is 0 Å². The van der Waals surface area contributed by atoms with Crippen molar-refractivity contribution in [1.29, 1.82) is 0 Å². The van der Waals surface area contributed by atoms with Gasteiger partial charge >= 0.3 is 0 Å². The summed E-state index contributed by atoms with van der Waals surface area (Å²) in [6.07, 6.45) is 0.962. The van der Waals surface area contributed by atoms with Gasteiger partial charge in [-0.15, -0.1) is 0 Å². The normalized spacial score (nSPS) is 18.7. The molecule has 3 aromatic rings. The fourth-order valence-corrected chi connectivity index (χ4v) is 2.91. The van der Waals surface area contributed by atoms with E-state index < -0.39 is 0 Å². The van der Waals surface area contributed by atoms with Crippen molar-refractivity contribution < 1.29 is 9.26 Å². The van der Waals surface area contributed by atoms with Crippen molar-refractivity contribution in [3.63, 3.8) is 0 Å². The van der Waals surface area contributed by atoms with Crippen LogP contribution in [0.5, 0.6) is 0 Å². The highest BCUT2D eigenvalue weighted by atomic mass is 16.5. The number of hydrogen-bond donors (Lipinski definition) is 1. The monoisotopic (exact) mass is 283 g/mol. The van der Waals surface area contributed by atoms with E-state index in [-0.39, 0.29) is 5.92 Å². The minimum atomic E-state index is 0.258. The summed E-state index contributed by atoms with van der Waals surface area (Å²) in [5.74, 6) is 1.58. The van der Waals surface area contributed by atoms with E-state index in [0.29, 0.717) is 12.5 Å². The summed E-state index contributed by atoms with van der Waals surface area (Å²) in [5.41, 5.74) is 4.45. The lowest BCUT2D eigenvalue weighted by Crippen LogP contribution is -1.99. The molecule has 0 bridgehead atoms. The highest BCUT2D eigenvalue weighted by Crippen LogP contribution is 2.31. The van der Waals surface area contributed by atoms with E-state index in [9.17, 15) is 0 Å². The van der Waals surface area contributed by atoms with Crippen molar-refractivity contribution in [3.05, 3.63) is 35.3 Å². The zero-order chi connectivity index (χ0) is 14.4. The Labute approximate surface area is 122 Å². The maximum Gasteiger partial charge on any atom is 0.260 e. The Balaban J connectivity index is 1.81. The first-order valence-electron chi connectivity index (χ1n) is 7.23. The SMILES string of the molecule is Cc1[nH]c2c(-c3nc([C@H]4CCOC4)no3)cccc2c1C. The summed E-state index contributed by atoms with van der Waals surface area (Å²) in [6.45, 7) is 5.66. The second-order valence-corrected chi connectivity index (χ2v) is 5.62. The van der Waals surface area contributed by atoms with Gasteiger partial charge in [0.2, 0.25) is 0 Å². The molecule has 0 amide bonds. The highest BCUT2D eigenvalue weighted by Gasteiger charge is 2.24. The molecule has 1 aliphatic rings. The van der Waals surface area contributed by atoms with Crippen LogP contribution in [0.3, 0.4) is 0 Å². The number of nitrogens with zero attached hydrogens (tertiary/aromatic N) is 2. The van der Waals surface area contributed by atoms with E-state index in [1.54, 1.807) is 0 Å². The fraction of sp³-hybridized carbons (Fsp3) is 0.375. The average Bonchev–Trinajstić information content (AvgIpc) is 3.20. The lowest BCUT2D eigenvalue weighted by atomic mass is 10.1. The Morgan fingerprint density at radius 3 is 3.00 bits per heavy atom. The molecular formula is C16H17N3O2. The molecule has 0 radical (unpaired) electrons. The minimum absolute atomic E-state index is 0.258. The van der Waals surface area contributed by atoms with Crippen LogP contribution in [-0.4, -0.2) is 28.3 Å². The summed E-state index contributed by atoms with van der Waals surface area (Å²) >= 11 is 0. The summed E-state index contributed by atoms with van der Waals surface area (Å²) in [6, 6.07) is 6.15. The molecule has 5 nitrogen and oxygen atoms in total. The summed E-state index contributed by atoms with van der Waals surface area (Å²) in [5, 5.41) is 5.33. The molecule has 4 rings (SSSR count). The number of ether oxygens (including phenoxy) is 1. The average molecular weight is 283 g/mol. The third kappa shape index (κ3) is 1.96. The van der Waals surface area contributed by atoms with Crippen LogP contribution >= 0.6 is 0 Å². The number of para-hydroxylation sites is 1. The fourth-order valence-electron chi connectivity index (χ4n) is 2.91. The number of benzene rings is 1. The van der Waals surface area contributed by atoms with Crippen LogP contribution in [0.15, 0.2) is 22.7 Å². The van der Waals surface area contributed by atoms with Crippen LogP contribution in [0, 0.1) is 13.8 Å². The van der Waals surface area contributed by atoms with E-state index in [1.807, 2.05) is 12.1 Å². The first kappa shape index (κ1) is 12.6. The maximum absolute atomic E-state index is 5.48. The largest absolute Gasteiger partial charge is 0.381 e. The number of aromatic nitrogens is 3. The van der Waals surface area contributed by atoms with Crippen molar-refractivity contribution in [2.75, 3.05) is 13.2 Å². The predicted molar refractivity (Wildman–Crippen MR) is 79.2 cm³/mol. The molecular weight excluding hydrogens is 266 g/mol. The van der Waals surface area contributed by atoms with Gasteiger partial charge in [-0.1, -0.05) is 17.3 Å². The van der Waals surface area contributed by atoms with Gasteiger partial charge in [0.15, 0.2) is 5.82 Å². The van der Waals surface area contributed by atoms with Crippen molar-refractivity contribution >= 4 is 10.9 Å². The number of H-pyrrole nitrogens is 1. The Kier molecular flexibility index (Phi) is 2.82. The number of nitrogens with one attached hydrogen (secondary N) is 1. The van der Waals surface area contributed by atoms with Crippen LogP contribution in [0.25, 0.3) is 22.4 Å². The summed E-state index contributed by atoms with van der Waals surface area (Å²) in [4.78, 5) is 7.99. The Bertz CT molecular complexity index is 797. The molecule has 1 N–H and O–H groups in total. The number of hydrogen-bond acceptors (Lipinski definition) is 4. The van der Waals surface area contributed by atoms with Gasteiger partial charge < -0.3 is 14.2 Å². The van der Waals surface area contributed by atoms with E-state index in [0.717, 1.165) is 29.9 Å². The number of fused-ring (bicyclic) bond motifs is 1. The van der Waals surface area contributed by atoms with Crippen LogP contribution < -0.4 is 0 Å². The van der Waals surface area contributed by atoms with Crippen LogP contribution in [0.1, 0.15) is 29.4 Å². The van der Waals surface area contributed by atoms with Crippen molar-refractivity contribution in [3.8, 4) is 11.5 Å². The third-order valence-corrected chi connectivity index (χ3v) is 4.31. The molecule has 1 saturated heterocycles. The number of aromatic amines is 1. The van der Waals surface area contributed by atoms with Crippen LogP contribution in [0.2, 0.25) is 0 Å². The molecule has 3 heterocycles. The van der Waals surface area contributed by atoms with Crippen molar-refractivity contribution in [1.82, 2.24) is 15.1 Å². The first-order chi connectivity index (χ1) is 10.2. The molecule has 0 aliphatic carbocycles. The van der Waals surface area contributed by atoms with Gasteiger partial charge in [0.05, 0.1) is 17.7 Å². The quantitative estimate of drug-likeness (QED) is 0.783. The van der Waals surface area contributed by atoms with Gasteiger partial charge in [0, 0.05) is 23.6 Å². The molecule has 2 aromatic heterocycles. The molecule has 1 fully saturated rings. The molecule has 0 saturated carbocycles. The predicted octanol–water partition coefficient (Wildman–Crippen LogP) is 3.34. The molecule has 0 spiro atoms. The van der Waals surface area contributed by atoms with Crippen molar-refractivity contribution in [2.24, 2.45) is 0 Å². The molecule has 108 valence electrons. The van der Waals surface area contributed by atoms with Gasteiger partial charge in [-0.05, 0) is 31.9 Å². The van der Waals surface area contributed by atoms with Gasteiger partial charge in [0.25, 0.3) is 5.89 Å². The second kappa shape index (κ2) is 4.70. The Morgan fingerprint density at radius 1 is 1.29 bits per heavy atom. The molecule has 1 aliphatic heterocycles. The third-order valence-electron chi connectivity index (χ3n) is 4.31. The topological polar surface area (TPSA) is 63.9 Å². The van der Waals surface area contributed by atoms with E-state index in [2.05, 4.69) is 35.0 Å². The number of rotatable bonds is 2. The zero-order valence-electron chi connectivity index (χ0n) is 12.1. The van der Waals surface area contributed by atoms with Crippen LogP contribution in [0.4, 0.5) is 0 Å².